The Balaban J connectivity index is 5.23. The molecule has 0 aliphatic heterocycles. The first kappa shape index (κ1) is 20.7. The highest BCUT2D eigenvalue weighted by molar-refractivity contribution is 7.80. The lowest BCUT2D eigenvalue weighted by Crippen LogP contribution is -2.27. The van der Waals surface area contributed by atoms with Gasteiger partial charge in [0, 0.05) is 39.4 Å². The highest BCUT2D eigenvalue weighted by Crippen LogP contribution is 2.15. The van der Waals surface area contributed by atoms with E-state index in [2.05, 4.69) is 17.2 Å². The zero-order valence-corrected chi connectivity index (χ0v) is 15.2. The first-order chi connectivity index (χ1) is 10.4. The second-order valence-corrected chi connectivity index (χ2v) is 5.68. The Kier molecular flexibility index (Phi) is 10.7. The van der Waals surface area contributed by atoms with Gasteiger partial charge in [-0.15, -0.1) is 0 Å². The van der Waals surface area contributed by atoms with Crippen molar-refractivity contribution in [1.82, 2.24) is 10.2 Å². The topological polar surface area (TPSA) is 64.9 Å². The van der Waals surface area contributed by atoms with Crippen LogP contribution in [0, 0.1) is 5.92 Å². The summed E-state index contributed by atoms with van der Waals surface area (Å²) in [7, 11) is 3.45. The Hall–Kier alpha value is -1.27. The number of rotatable bonds is 9. The van der Waals surface area contributed by atoms with Gasteiger partial charge in [-0.2, -0.15) is 0 Å². The molecule has 0 aromatic carbocycles. The van der Waals surface area contributed by atoms with E-state index in [1.807, 2.05) is 13.1 Å². The van der Waals surface area contributed by atoms with Gasteiger partial charge in [0.2, 0.25) is 5.91 Å². The van der Waals surface area contributed by atoms with E-state index in [4.69, 9.17) is 17.3 Å². The van der Waals surface area contributed by atoms with Crippen LogP contribution in [0.5, 0.6) is 0 Å². The van der Waals surface area contributed by atoms with Gasteiger partial charge in [0.15, 0.2) is 0 Å². The quantitative estimate of drug-likeness (QED) is 0.296. The molecule has 0 aromatic heterocycles. The molecule has 0 saturated carbocycles. The van der Waals surface area contributed by atoms with Crippen molar-refractivity contribution in [2.45, 2.75) is 46.5 Å². The number of carbonyl (C=O) groups excluding carboxylic acids is 1. The number of carbonyl (C=O) groups is 1. The molecule has 0 aliphatic carbocycles. The summed E-state index contributed by atoms with van der Waals surface area (Å²) in [4.78, 5) is 18.3. The molecule has 1 amide bonds. The normalized spacial score (nSPS) is 13.7. The number of aliphatic hydroxyl groups is 1. The Morgan fingerprint density at radius 1 is 1.41 bits per heavy atom. The van der Waals surface area contributed by atoms with Crippen molar-refractivity contribution >= 4 is 29.3 Å². The molecule has 0 radical (unpaired) electrons. The van der Waals surface area contributed by atoms with Crippen LogP contribution in [0.3, 0.4) is 0 Å². The summed E-state index contributed by atoms with van der Waals surface area (Å²) in [6.45, 7) is 5.70. The molecule has 0 rings (SSSR count). The van der Waals surface area contributed by atoms with Crippen molar-refractivity contribution in [2.75, 3.05) is 20.7 Å². The molecule has 0 fully saturated rings. The molecule has 1 unspecified atom stereocenters. The van der Waals surface area contributed by atoms with Gasteiger partial charge in [-0.25, -0.2) is 4.99 Å². The van der Waals surface area contributed by atoms with Crippen molar-refractivity contribution in [1.29, 1.82) is 0 Å². The molecule has 0 bridgehead atoms. The molecule has 126 valence electrons. The Morgan fingerprint density at radius 2 is 2.05 bits per heavy atom. The molecule has 22 heavy (non-hydrogen) atoms. The zero-order chi connectivity index (χ0) is 17.1. The fourth-order valence-corrected chi connectivity index (χ4v) is 2.04. The Labute approximate surface area is 139 Å². The van der Waals surface area contributed by atoms with E-state index in [0.29, 0.717) is 16.7 Å². The summed E-state index contributed by atoms with van der Waals surface area (Å²) in [6.07, 6.45) is 5.63. The average molecular weight is 327 g/mol. The van der Waals surface area contributed by atoms with Gasteiger partial charge in [0.05, 0.1) is 0 Å². The van der Waals surface area contributed by atoms with Gasteiger partial charge in [-0.1, -0.05) is 25.6 Å². The van der Waals surface area contributed by atoms with Gasteiger partial charge in [-0.05, 0) is 32.1 Å². The van der Waals surface area contributed by atoms with Crippen LogP contribution in [0.4, 0.5) is 0 Å². The molecule has 0 spiro atoms. The third-order valence-electron chi connectivity index (χ3n) is 3.61. The van der Waals surface area contributed by atoms with Gasteiger partial charge < -0.3 is 10.4 Å². The van der Waals surface area contributed by atoms with Crippen LogP contribution in [0.25, 0.3) is 0 Å². The predicted molar refractivity (Wildman–Crippen MR) is 96.0 cm³/mol. The molecule has 0 aromatic rings. The zero-order valence-electron chi connectivity index (χ0n) is 14.3. The van der Waals surface area contributed by atoms with Crippen LogP contribution in [0.2, 0.25) is 0 Å². The van der Waals surface area contributed by atoms with E-state index in [0.717, 1.165) is 31.3 Å². The second-order valence-electron chi connectivity index (χ2n) is 5.27. The van der Waals surface area contributed by atoms with Gasteiger partial charge in [0.25, 0.3) is 0 Å². The maximum Gasteiger partial charge on any atom is 0.224 e. The lowest BCUT2D eigenvalue weighted by Gasteiger charge is -2.19. The van der Waals surface area contributed by atoms with E-state index in [1.54, 1.807) is 14.1 Å². The van der Waals surface area contributed by atoms with Crippen molar-refractivity contribution in [3.63, 3.8) is 0 Å². The number of aliphatic hydroxyl groups excluding tert-OH is 1. The van der Waals surface area contributed by atoms with Gasteiger partial charge in [0.1, 0.15) is 10.8 Å². The summed E-state index contributed by atoms with van der Waals surface area (Å²) in [5.41, 5.74) is 0.775. The van der Waals surface area contributed by atoms with E-state index in [1.165, 1.54) is 11.8 Å². The number of aliphatic imine (C=N–C) groups is 1. The van der Waals surface area contributed by atoms with E-state index < -0.39 is 0 Å². The number of nitrogens with zero attached hydrogens (tertiary/aromatic N) is 2. The minimum Gasteiger partial charge on any atom is -0.396 e. The second kappa shape index (κ2) is 11.3. The third kappa shape index (κ3) is 7.13. The standard InChI is InChI=1S/C16H29N3O2S/c1-6-14(9-7-8-10-20)11-18-15(19(5)13(3)21)12(2)16(22)17-4/h11,14,20H,6-10H2,1-5H3,(H,17,22)/b15-12-,18-11-. The van der Waals surface area contributed by atoms with Crippen LogP contribution in [0.15, 0.2) is 16.4 Å². The van der Waals surface area contributed by atoms with Crippen LogP contribution in [0.1, 0.15) is 46.5 Å². The van der Waals surface area contributed by atoms with Gasteiger partial charge >= 0.3 is 0 Å². The van der Waals surface area contributed by atoms with Crippen LogP contribution < -0.4 is 5.32 Å². The molecule has 6 heteroatoms. The fraction of sp³-hybridized carbons (Fsp3) is 0.688. The Morgan fingerprint density at radius 3 is 2.50 bits per heavy atom. The van der Waals surface area contributed by atoms with Crippen LogP contribution >= 0.6 is 12.2 Å². The monoisotopic (exact) mass is 327 g/mol. The number of likely N-dealkylation sites (N-methyl/N-ethyl adjacent to an activating group) is 1. The molecular weight excluding hydrogens is 298 g/mol. The molecule has 1 atom stereocenters. The van der Waals surface area contributed by atoms with E-state index in [9.17, 15) is 4.79 Å². The van der Waals surface area contributed by atoms with E-state index in [-0.39, 0.29) is 12.5 Å². The molecular formula is C16H29N3O2S. The first-order valence-corrected chi connectivity index (χ1v) is 8.12. The number of amides is 1. The maximum absolute atomic E-state index is 11.7. The summed E-state index contributed by atoms with van der Waals surface area (Å²) in [6, 6.07) is 0. The summed E-state index contributed by atoms with van der Waals surface area (Å²) >= 11 is 5.25. The Bertz CT molecular complexity index is 433. The fourth-order valence-electron chi connectivity index (χ4n) is 1.95. The number of unbranched alkanes of at least 4 members (excludes halogenated alkanes) is 1. The predicted octanol–water partition coefficient (Wildman–Crippen LogP) is 2.50. The highest BCUT2D eigenvalue weighted by Gasteiger charge is 2.14. The smallest absolute Gasteiger partial charge is 0.224 e. The lowest BCUT2D eigenvalue weighted by molar-refractivity contribution is -0.125. The van der Waals surface area contributed by atoms with Gasteiger partial charge in [-0.3, -0.25) is 9.69 Å². The number of thiocarbonyl (C=S) groups is 1. The van der Waals surface area contributed by atoms with Crippen molar-refractivity contribution in [2.24, 2.45) is 10.9 Å². The van der Waals surface area contributed by atoms with Crippen molar-refractivity contribution in [3.05, 3.63) is 11.4 Å². The molecule has 5 nitrogen and oxygen atoms in total. The summed E-state index contributed by atoms with van der Waals surface area (Å²) < 4.78 is 0. The third-order valence-corrected chi connectivity index (χ3v) is 4.12. The van der Waals surface area contributed by atoms with Crippen molar-refractivity contribution in [3.8, 4) is 0 Å². The molecule has 0 heterocycles. The molecule has 0 saturated heterocycles. The van der Waals surface area contributed by atoms with Crippen LogP contribution in [-0.4, -0.2) is 47.8 Å². The summed E-state index contributed by atoms with van der Waals surface area (Å²) in [5, 5.41) is 11.8. The van der Waals surface area contributed by atoms with Crippen LogP contribution in [-0.2, 0) is 4.79 Å². The summed E-state index contributed by atoms with van der Waals surface area (Å²) in [5.74, 6) is 0.823. The lowest BCUT2D eigenvalue weighted by atomic mass is 10.0. The number of hydrogen-bond donors (Lipinski definition) is 2. The van der Waals surface area contributed by atoms with E-state index >= 15 is 0 Å². The SMILES string of the molecule is CCC(/C=N\C(=C(/C)C(=S)NC)N(C)C(C)=O)CCCCO. The first-order valence-electron chi connectivity index (χ1n) is 7.71. The largest absolute Gasteiger partial charge is 0.396 e. The molecule has 0 aliphatic rings. The number of nitrogens with one attached hydrogen (secondary N) is 1. The van der Waals surface area contributed by atoms with Crippen molar-refractivity contribution < 1.29 is 9.90 Å². The highest BCUT2D eigenvalue weighted by atomic mass is 32.1. The minimum absolute atomic E-state index is 0.0845. The average Bonchev–Trinajstić information content (AvgIpc) is 2.51. The number of hydrogen-bond acceptors (Lipinski definition) is 4. The molecule has 2 N–H and O–H groups in total. The minimum atomic E-state index is -0.0845. The maximum atomic E-state index is 11.7.